The Morgan fingerprint density at radius 3 is 2.37 bits per heavy atom. The number of hydrogen-bond acceptors (Lipinski definition) is 5. The second kappa shape index (κ2) is 8.04. The van der Waals surface area contributed by atoms with Gasteiger partial charge in [0.2, 0.25) is 0 Å². The minimum atomic E-state index is -2.54. The first-order valence-electron chi connectivity index (χ1n) is 10.1. The van der Waals surface area contributed by atoms with E-state index < -0.39 is 30.2 Å². The van der Waals surface area contributed by atoms with Gasteiger partial charge < -0.3 is 18.9 Å². The summed E-state index contributed by atoms with van der Waals surface area (Å²) in [5.41, 5.74) is 0.654. The zero-order valence-electron chi connectivity index (χ0n) is 18.4. The lowest BCUT2D eigenvalue weighted by Crippen LogP contribution is -2.41. The van der Waals surface area contributed by atoms with Gasteiger partial charge in [-0.05, 0) is 58.8 Å². The zero-order chi connectivity index (χ0) is 22.5. The van der Waals surface area contributed by atoms with Crippen LogP contribution in [0.4, 0.5) is 8.78 Å². The van der Waals surface area contributed by atoms with E-state index in [1.807, 2.05) is 34.6 Å². The van der Waals surface area contributed by atoms with E-state index in [4.69, 9.17) is 25.6 Å². The van der Waals surface area contributed by atoms with Gasteiger partial charge in [0.05, 0.1) is 21.8 Å². The van der Waals surface area contributed by atoms with Crippen LogP contribution in [0.15, 0.2) is 6.07 Å². The molecule has 0 aromatic heterocycles. The third-order valence-corrected chi connectivity index (χ3v) is 6.83. The van der Waals surface area contributed by atoms with Gasteiger partial charge in [-0.1, -0.05) is 11.6 Å². The van der Waals surface area contributed by atoms with Gasteiger partial charge in [0.25, 0.3) is 5.92 Å². The van der Waals surface area contributed by atoms with Crippen molar-refractivity contribution in [2.45, 2.75) is 58.2 Å². The highest BCUT2D eigenvalue weighted by atomic mass is 35.5. The minimum absolute atomic E-state index is 0.0567. The Kier molecular flexibility index (Phi) is 6.29. The summed E-state index contributed by atoms with van der Waals surface area (Å²) in [6.07, 6.45) is 0.628. The van der Waals surface area contributed by atoms with Gasteiger partial charge in [-0.15, -0.1) is 0 Å². The largest absolute Gasteiger partial charge is 0.495 e. The molecule has 9 heteroatoms. The molecule has 1 saturated heterocycles. The van der Waals surface area contributed by atoms with E-state index in [0.717, 1.165) is 0 Å². The van der Waals surface area contributed by atoms with Crippen molar-refractivity contribution in [3.63, 3.8) is 0 Å². The number of hydrogen-bond donors (Lipinski definition) is 0. The number of carbonyl (C=O) groups is 1. The predicted molar refractivity (Wildman–Crippen MR) is 113 cm³/mol. The SMILES string of the molecule is Cc1c(B2OC(C)(C)C(C)(C)O2)cc(C=O)c(OCCN(C)CC2CC2(F)F)c1Cl. The van der Waals surface area contributed by atoms with Gasteiger partial charge in [-0.3, -0.25) is 4.79 Å². The van der Waals surface area contributed by atoms with Crippen molar-refractivity contribution in [1.82, 2.24) is 4.90 Å². The molecule has 0 amide bonds. The van der Waals surface area contributed by atoms with Crippen molar-refractivity contribution in [2.24, 2.45) is 5.92 Å². The molecule has 1 heterocycles. The second-order valence-corrected chi connectivity index (χ2v) is 9.68. The van der Waals surface area contributed by atoms with Crippen LogP contribution in [0.1, 0.15) is 50.0 Å². The fourth-order valence-corrected chi connectivity index (χ4v) is 3.73. The number of ether oxygens (including phenoxy) is 1. The maximum absolute atomic E-state index is 13.1. The van der Waals surface area contributed by atoms with Crippen molar-refractivity contribution in [1.29, 1.82) is 0 Å². The van der Waals surface area contributed by atoms with Crippen LogP contribution in [-0.4, -0.2) is 62.2 Å². The normalized spacial score (nSPS) is 23.7. The van der Waals surface area contributed by atoms with E-state index >= 15 is 0 Å². The average Bonchev–Trinajstić information content (AvgIpc) is 3.15. The molecule has 0 N–H and O–H groups in total. The van der Waals surface area contributed by atoms with Crippen molar-refractivity contribution in [3.8, 4) is 5.75 Å². The molecule has 1 unspecified atom stereocenters. The Bertz CT molecular complexity index is 818. The molecule has 1 aliphatic carbocycles. The Balaban J connectivity index is 1.71. The third-order valence-electron chi connectivity index (χ3n) is 6.38. The first kappa shape index (κ1) is 23.4. The summed E-state index contributed by atoms with van der Waals surface area (Å²) in [7, 11) is 1.12. The molecule has 3 rings (SSSR count). The van der Waals surface area contributed by atoms with Crippen LogP contribution < -0.4 is 10.2 Å². The number of aldehydes is 1. The summed E-state index contributed by atoms with van der Waals surface area (Å²) >= 11 is 6.54. The number of carbonyl (C=O) groups excluding carboxylic acids is 1. The van der Waals surface area contributed by atoms with Crippen LogP contribution in [0.3, 0.4) is 0 Å². The van der Waals surface area contributed by atoms with E-state index in [9.17, 15) is 13.6 Å². The lowest BCUT2D eigenvalue weighted by Gasteiger charge is -2.32. The van der Waals surface area contributed by atoms with E-state index in [-0.39, 0.29) is 18.8 Å². The first-order valence-corrected chi connectivity index (χ1v) is 10.5. The number of nitrogens with zero attached hydrogens (tertiary/aromatic N) is 1. The van der Waals surface area contributed by atoms with Crippen molar-refractivity contribution in [2.75, 3.05) is 26.7 Å². The van der Waals surface area contributed by atoms with Crippen LogP contribution in [0.25, 0.3) is 0 Å². The Hall–Kier alpha value is -1.22. The Morgan fingerprint density at radius 2 is 1.87 bits per heavy atom. The monoisotopic (exact) mass is 443 g/mol. The average molecular weight is 444 g/mol. The molecular weight excluding hydrogens is 414 g/mol. The summed E-state index contributed by atoms with van der Waals surface area (Å²) in [6, 6.07) is 1.68. The number of benzene rings is 1. The summed E-state index contributed by atoms with van der Waals surface area (Å²) in [5, 5.41) is 0.320. The van der Waals surface area contributed by atoms with Crippen molar-refractivity contribution in [3.05, 3.63) is 22.2 Å². The molecule has 1 aromatic carbocycles. The summed E-state index contributed by atoms with van der Waals surface area (Å²) < 4.78 is 44.1. The van der Waals surface area contributed by atoms with Gasteiger partial charge >= 0.3 is 7.12 Å². The maximum Gasteiger partial charge on any atom is 0.495 e. The highest BCUT2D eigenvalue weighted by Crippen LogP contribution is 2.48. The minimum Gasteiger partial charge on any atom is -0.490 e. The van der Waals surface area contributed by atoms with E-state index in [0.29, 0.717) is 41.0 Å². The Morgan fingerprint density at radius 1 is 1.30 bits per heavy atom. The van der Waals surface area contributed by atoms with Crippen LogP contribution in [0.5, 0.6) is 5.75 Å². The smallest absolute Gasteiger partial charge is 0.490 e. The van der Waals surface area contributed by atoms with E-state index in [1.54, 1.807) is 18.0 Å². The molecule has 30 heavy (non-hydrogen) atoms. The predicted octanol–water partition coefficient (Wildman–Crippen LogP) is 3.73. The lowest BCUT2D eigenvalue weighted by atomic mass is 9.75. The molecule has 2 aliphatic rings. The number of likely N-dealkylation sites (N-methyl/N-ethyl adjacent to an activating group) is 1. The van der Waals surface area contributed by atoms with Gasteiger partial charge in [0, 0.05) is 25.4 Å². The van der Waals surface area contributed by atoms with Crippen molar-refractivity contribution >= 4 is 30.5 Å². The lowest BCUT2D eigenvalue weighted by molar-refractivity contribution is 0.00578. The summed E-state index contributed by atoms with van der Waals surface area (Å²) in [6.45, 7) is 10.6. The van der Waals surface area contributed by atoms with Crippen LogP contribution in [-0.2, 0) is 9.31 Å². The molecule has 0 spiro atoms. The quantitative estimate of drug-likeness (QED) is 0.453. The number of alkyl halides is 2. The van der Waals surface area contributed by atoms with Crippen molar-refractivity contribution < 1.29 is 27.6 Å². The highest BCUT2D eigenvalue weighted by Gasteiger charge is 2.56. The zero-order valence-corrected chi connectivity index (χ0v) is 19.1. The van der Waals surface area contributed by atoms with Crippen LogP contribution in [0.2, 0.25) is 5.02 Å². The van der Waals surface area contributed by atoms with Gasteiger partial charge in [-0.25, -0.2) is 8.78 Å². The fourth-order valence-electron chi connectivity index (χ4n) is 3.45. The molecule has 166 valence electrons. The van der Waals surface area contributed by atoms with Crippen LogP contribution >= 0.6 is 11.6 Å². The molecule has 1 aliphatic heterocycles. The highest BCUT2D eigenvalue weighted by molar-refractivity contribution is 6.63. The molecule has 1 aromatic rings. The second-order valence-electron chi connectivity index (χ2n) is 9.30. The van der Waals surface area contributed by atoms with Gasteiger partial charge in [-0.2, -0.15) is 0 Å². The number of halogens is 3. The Labute approximate surface area is 182 Å². The maximum atomic E-state index is 13.1. The summed E-state index contributed by atoms with van der Waals surface area (Å²) in [4.78, 5) is 13.5. The molecule has 0 radical (unpaired) electrons. The molecule has 0 bridgehead atoms. The number of rotatable bonds is 8. The van der Waals surface area contributed by atoms with Gasteiger partial charge in [0.1, 0.15) is 12.4 Å². The van der Waals surface area contributed by atoms with Gasteiger partial charge in [0.15, 0.2) is 6.29 Å². The molecule has 2 fully saturated rings. The standard InChI is InChI=1S/C21H29BClF2NO4/c1-13-16(22-29-19(2,3)20(4,5)30-22)9-14(12-27)18(17(13)23)28-8-7-26(6)11-15-10-21(15,24)25/h9,12,15H,7-8,10-11H2,1-6H3. The molecule has 1 atom stereocenters. The molecular formula is C21H29BClF2NO4. The fraction of sp³-hybridized carbons (Fsp3) is 0.667. The first-order chi connectivity index (χ1) is 13.8. The topological polar surface area (TPSA) is 48.0 Å². The molecule has 1 saturated carbocycles. The summed E-state index contributed by atoms with van der Waals surface area (Å²) in [5.74, 6) is -2.84. The van der Waals surface area contributed by atoms with E-state index in [2.05, 4.69) is 0 Å². The van der Waals surface area contributed by atoms with Crippen LogP contribution in [0, 0.1) is 12.8 Å². The third kappa shape index (κ3) is 4.52. The van der Waals surface area contributed by atoms with E-state index in [1.165, 1.54) is 0 Å². The molecule has 5 nitrogen and oxygen atoms in total.